The van der Waals surface area contributed by atoms with Gasteiger partial charge in [0.1, 0.15) is 0 Å². The van der Waals surface area contributed by atoms with Crippen LogP contribution in [0.25, 0.3) is 0 Å². The van der Waals surface area contributed by atoms with Gasteiger partial charge in [-0.2, -0.15) is 4.98 Å². The first-order valence-electron chi connectivity index (χ1n) is 6.46. The monoisotopic (exact) mass is 305 g/mol. The predicted molar refractivity (Wildman–Crippen MR) is 80.8 cm³/mol. The molecule has 2 aromatic rings. The first-order valence-corrected chi connectivity index (χ1v) is 7.45. The van der Waals surface area contributed by atoms with Gasteiger partial charge in [0.25, 0.3) is 0 Å². The molecular formula is C14H15N3O3S. The number of thioether (sulfide) groups is 1. The molecule has 1 heterocycles. The van der Waals surface area contributed by atoms with E-state index in [1.165, 1.54) is 16.4 Å². The summed E-state index contributed by atoms with van der Waals surface area (Å²) in [6.45, 7) is 0. The molecule has 0 saturated carbocycles. The van der Waals surface area contributed by atoms with Crippen LogP contribution in [0.2, 0.25) is 0 Å². The number of H-pyrrole nitrogens is 1. The highest BCUT2D eigenvalue weighted by Gasteiger charge is 2.07. The number of aryl methyl sites for hydroxylation is 1. The number of carbonyl (C=O) groups excluding carboxylic acids is 1. The molecule has 21 heavy (non-hydrogen) atoms. The van der Waals surface area contributed by atoms with Gasteiger partial charge in [-0.1, -0.05) is 42.1 Å². The number of aromatic nitrogens is 3. The van der Waals surface area contributed by atoms with Crippen LogP contribution in [0.4, 0.5) is 0 Å². The van der Waals surface area contributed by atoms with E-state index in [0.717, 1.165) is 0 Å². The number of nitrogens with one attached hydrogen (secondary N) is 1. The van der Waals surface area contributed by atoms with Crippen molar-refractivity contribution in [2.45, 2.75) is 18.0 Å². The lowest BCUT2D eigenvalue weighted by Crippen LogP contribution is -2.33. The molecule has 0 bridgehead atoms. The van der Waals surface area contributed by atoms with E-state index in [1.54, 1.807) is 19.2 Å². The van der Waals surface area contributed by atoms with Crippen molar-refractivity contribution in [3.8, 4) is 0 Å². The van der Waals surface area contributed by atoms with Crippen LogP contribution in [0.5, 0.6) is 0 Å². The fourth-order valence-corrected chi connectivity index (χ4v) is 2.61. The third-order valence-electron chi connectivity index (χ3n) is 2.82. The SMILES string of the molecule is Cn1[nH]c(=O)c(=O)nc1SCCCC(=O)c1ccccc1. The Bertz CT molecular complexity index is 737. The first kappa shape index (κ1) is 15.2. The third kappa shape index (κ3) is 4.16. The number of carbonyl (C=O) groups is 1. The maximum absolute atomic E-state index is 11.9. The van der Waals surface area contributed by atoms with Crippen molar-refractivity contribution in [2.75, 3.05) is 5.75 Å². The van der Waals surface area contributed by atoms with Gasteiger partial charge in [0.2, 0.25) is 0 Å². The normalized spacial score (nSPS) is 10.5. The van der Waals surface area contributed by atoms with Crippen molar-refractivity contribution in [1.29, 1.82) is 0 Å². The Kier molecular flexibility index (Phi) is 5.10. The van der Waals surface area contributed by atoms with Crippen molar-refractivity contribution >= 4 is 17.5 Å². The van der Waals surface area contributed by atoms with Crippen LogP contribution in [0.1, 0.15) is 23.2 Å². The number of nitrogens with zero attached hydrogens (tertiary/aromatic N) is 2. The summed E-state index contributed by atoms with van der Waals surface area (Å²) in [6, 6.07) is 9.13. The Balaban J connectivity index is 1.85. The summed E-state index contributed by atoms with van der Waals surface area (Å²) in [5.41, 5.74) is -0.825. The average molecular weight is 305 g/mol. The molecule has 6 nitrogen and oxygen atoms in total. The van der Waals surface area contributed by atoms with Gasteiger partial charge in [-0.15, -0.1) is 0 Å². The van der Waals surface area contributed by atoms with Gasteiger partial charge in [0.15, 0.2) is 10.9 Å². The molecular weight excluding hydrogens is 290 g/mol. The summed E-state index contributed by atoms with van der Waals surface area (Å²) >= 11 is 1.34. The van der Waals surface area contributed by atoms with E-state index in [2.05, 4.69) is 10.1 Å². The largest absolute Gasteiger partial charge is 0.339 e. The molecule has 0 spiro atoms. The van der Waals surface area contributed by atoms with E-state index in [9.17, 15) is 14.4 Å². The summed E-state index contributed by atoms with van der Waals surface area (Å²) < 4.78 is 1.41. The quantitative estimate of drug-likeness (QED) is 0.375. The Morgan fingerprint density at radius 3 is 2.71 bits per heavy atom. The molecule has 0 unspecified atom stereocenters. The van der Waals surface area contributed by atoms with Gasteiger partial charge in [0.05, 0.1) is 0 Å². The lowest BCUT2D eigenvalue weighted by molar-refractivity contribution is 0.0982. The van der Waals surface area contributed by atoms with Gasteiger partial charge >= 0.3 is 11.1 Å². The fraction of sp³-hybridized carbons (Fsp3) is 0.286. The Morgan fingerprint density at radius 1 is 1.29 bits per heavy atom. The molecule has 0 aliphatic rings. The van der Waals surface area contributed by atoms with E-state index >= 15 is 0 Å². The van der Waals surface area contributed by atoms with Crippen LogP contribution >= 0.6 is 11.8 Å². The molecule has 1 aromatic carbocycles. The van der Waals surface area contributed by atoms with Gasteiger partial charge < -0.3 is 0 Å². The second-order valence-electron chi connectivity index (χ2n) is 4.44. The summed E-state index contributed by atoms with van der Waals surface area (Å²) in [4.78, 5) is 37.8. The number of hydrogen-bond donors (Lipinski definition) is 1. The van der Waals surface area contributed by atoms with E-state index in [-0.39, 0.29) is 5.78 Å². The zero-order valence-corrected chi connectivity index (χ0v) is 12.4. The maximum Gasteiger partial charge on any atom is 0.339 e. The molecule has 1 N–H and O–H groups in total. The topological polar surface area (TPSA) is 84.8 Å². The minimum absolute atomic E-state index is 0.0968. The van der Waals surface area contributed by atoms with Crippen LogP contribution in [0.3, 0.4) is 0 Å². The van der Waals surface area contributed by atoms with Crippen molar-refractivity contribution in [3.05, 3.63) is 56.6 Å². The van der Waals surface area contributed by atoms with E-state index in [0.29, 0.717) is 29.3 Å². The lowest BCUT2D eigenvalue weighted by atomic mass is 10.1. The Hall–Kier alpha value is -2.15. The molecule has 0 saturated heterocycles. The molecule has 0 fully saturated rings. The number of aromatic amines is 1. The molecule has 7 heteroatoms. The smallest absolute Gasteiger partial charge is 0.294 e. The second-order valence-corrected chi connectivity index (χ2v) is 5.50. The fourth-order valence-electron chi connectivity index (χ4n) is 1.75. The molecule has 2 rings (SSSR count). The predicted octanol–water partition coefficient (Wildman–Crippen LogP) is 1.22. The van der Waals surface area contributed by atoms with Crippen LogP contribution < -0.4 is 11.1 Å². The van der Waals surface area contributed by atoms with Gasteiger partial charge in [0, 0.05) is 24.8 Å². The van der Waals surface area contributed by atoms with Crippen molar-refractivity contribution in [2.24, 2.45) is 7.05 Å². The van der Waals surface area contributed by atoms with E-state index in [4.69, 9.17) is 0 Å². The Labute approximate surface area is 125 Å². The molecule has 0 aliphatic carbocycles. The molecule has 0 amide bonds. The maximum atomic E-state index is 11.9. The first-order chi connectivity index (χ1) is 10.1. The summed E-state index contributed by atoms with van der Waals surface area (Å²) in [5.74, 6) is 0.741. The number of rotatable bonds is 6. The van der Waals surface area contributed by atoms with E-state index < -0.39 is 11.1 Å². The van der Waals surface area contributed by atoms with Crippen LogP contribution in [-0.2, 0) is 7.05 Å². The number of benzene rings is 1. The zero-order chi connectivity index (χ0) is 15.2. The minimum atomic E-state index is -0.795. The van der Waals surface area contributed by atoms with Gasteiger partial charge in [-0.05, 0) is 6.42 Å². The van der Waals surface area contributed by atoms with Crippen molar-refractivity contribution in [3.63, 3.8) is 0 Å². The summed E-state index contributed by atoms with van der Waals surface area (Å²) in [5, 5.41) is 2.82. The van der Waals surface area contributed by atoms with Crippen LogP contribution in [0.15, 0.2) is 45.1 Å². The summed E-state index contributed by atoms with van der Waals surface area (Å²) in [6.07, 6.45) is 1.11. The molecule has 0 aliphatic heterocycles. The van der Waals surface area contributed by atoms with Crippen LogP contribution in [0, 0.1) is 0 Å². The van der Waals surface area contributed by atoms with Crippen molar-refractivity contribution < 1.29 is 4.79 Å². The third-order valence-corrected chi connectivity index (χ3v) is 3.94. The number of Topliss-reactive ketones (excluding diaryl/α,β-unsaturated/α-hetero) is 1. The van der Waals surface area contributed by atoms with Gasteiger partial charge in [-0.3, -0.25) is 24.2 Å². The second kappa shape index (κ2) is 7.03. The molecule has 0 atom stereocenters. The average Bonchev–Trinajstić information content (AvgIpc) is 2.49. The number of ketones is 1. The highest BCUT2D eigenvalue weighted by atomic mass is 32.2. The standard InChI is InChI=1S/C14H15N3O3S/c1-17-14(15-12(19)13(20)16-17)21-9-5-8-11(18)10-6-3-2-4-7-10/h2-4,6-7H,5,8-9H2,1H3,(H,16,20). The van der Waals surface area contributed by atoms with Gasteiger partial charge in [-0.25, -0.2) is 0 Å². The molecule has 1 aromatic heterocycles. The van der Waals surface area contributed by atoms with Crippen LogP contribution in [-0.4, -0.2) is 26.3 Å². The molecule has 110 valence electrons. The highest BCUT2D eigenvalue weighted by Crippen LogP contribution is 2.14. The molecule has 0 radical (unpaired) electrons. The highest BCUT2D eigenvalue weighted by molar-refractivity contribution is 7.99. The summed E-state index contributed by atoms with van der Waals surface area (Å²) in [7, 11) is 1.62. The van der Waals surface area contributed by atoms with E-state index in [1.807, 2.05) is 18.2 Å². The minimum Gasteiger partial charge on any atom is -0.294 e. The Morgan fingerprint density at radius 2 is 2.00 bits per heavy atom. The number of hydrogen-bond acceptors (Lipinski definition) is 5. The zero-order valence-electron chi connectivity index (χ0n) is 11.5. The van der Waals surface area contributed by atoms with Crippen molar-refractivity contribution in [1.82, 2.24) is 14.8 Å². The lowest BCUT2D eigenvalue weighted by Gasteiger charge is -2.05.